The van der Waals surface area contributed by atoms with Crippen molar-refractivity contribution in [3.8, 4) is 5.75 Å². The number of phenolic OH excluding ortho intramolecular Hbond substituents is 1. The number of phenols is 1. The Labute approximate surface area is 92.1 Å². The summed E-state index contributed by atoms with van der Waals surface area (Å²) in [5.41, 5.74) is 9.10. The van der Waals surface area contributed by atoms with Gasteiger partial charge in [0.15, 0.2) is 0 Å². The Morgan fingerprint density at radius 1 is 1.13 bits per heavy atom. The molecule has 1 rings (SSSR count). The minimum absolute atomic E-state index is 0.00417. The van der Waals surface area contributed by atoms with Crippen molar-refractivity contribution in [1.29, 1.82) is 0 Å². The number of hydrogen-bond donors (Lipinski definition) is 2. The van der Waals surface area contributed by atoms with Crippen LogP contribution in [0.4, 0.5) is 0 Å². The van der Waals surface area contributed by atoms with Gasteiger partial charge in [-0.15, -0.1) is 0 Å². The fourth-order valence-electron chi connectivity index (χ4n) is 1.67. The van der Waals surface area contributed by atoms with Crippen molar-refractivity contribution in [2.45, 2.75) is 40.7 Å². The Morgan fingerprint density at radius 2 is 1.53 bits per heavy atom. The van der Waals surface area contributed by atoms with E-state index >= 15 is 0 Å². The van der Waals surface area contributed by atoms with Crippen LogP contribution in [-0.4, -0.2) is 5.11 Å². The van der Waals surface area contributed by atoms with Gasteiger partial charge >= 0.3 is 0 Å². The molecule has 0 aliphatic heterocycles. The fraction of sp³-hybridized carbons (Fsp3) is 0.538. The highest BCUT2D eigenvalue weighted by Gasteiger charge is 2.23. The molecule has 2 nitrogen and oxygen atoms in total. The van der Waals surface area contributed by atoms with E-state index in [1.807, 2.05) is 26.0 Å². The zero-order valence-electron chi connectivity index (χ0n) is 10.3. The highest BCUT2D eigenvalue weighted by atomic mass is 16.3. The molecule has 1 aromatic rings. The average Bonchev–Trinajstić information content (AvgIpc) is 2.10. The molecule has 0 aliphatic rings. The van der Waals surface area contributed by atoms with E-state index in [1.165, 1.54) is 0 Å². The molecule has 1 atom stereocenters. The topological polar surface area (TPSA) is 46.2 Å². The predicted octanol–water partition coefficient (Wildman–Crippen LogP) is 3.05. The first kappa shape index (κ1) is 12.1. The van der Waals surface area contributed by atoms with Crippen molar-refractivity contribution in [2.75, 3.05) is 0 Å². The highest BCUT2D eigenvalue weighted by Crippen LogP contribution is 2.33. The molecule has 0 saturated heterocycles. The van der Waals surface area contributed by atoms with Gasteiger partial charge in [0.2, 0.25) is 0 Å². The van der Waals surface area contributed by atoms with Crippen LogP contribution in [0.15, 0.2) is 12.1 Å². The summed E-state index contributed by atoms with van der Waals surface area (Å²) in [4.78, 5) is 0. The first-order valence-electron chi connectivity index (χ1n) is 5.29. The Kier molecular flexibility index (Phi) is 3.10. The molecular weight excluding hydrogens is 186 g/mol. The van der Waals surface area contributed by atoms with Crippen molar-refractivity contribution >= 4 is 0 Å². The van der Waals surface area contributed by atoms with Gasteiger partial charge in [0.1, 0.15) is 5.75 Å². The van der Waals surface area contributed by atoms with Crippen LogP contribution in [0.1, 0.15) is 43.5 Å². The maximum atomic E-state index is 9.67. The number of hydrogen-bond acceptors (Lipinski definition) is 2. The maximum Gasteiger partial charge on any atom is 0.121 e. The number of benzene rings is 1. The highest BCUT2D eigenvalue weighted by molar-refractivity contribution is 5.43. The molecule has 0 aromatic heterocycles. The van der Waals surface area contributed by atoms with Gasteiger partial charge in [0.05, 0.1) is 0 Å². The van der Waals surface area contributed by atoms with Crippen LogP contribution in [0.5, 0.6) is 5.75 Å². The number of rotatable bonds is 1. The van der Waals surface area contributed by atoms with E-state index in [9.17, 15) is 5.11 Å². The smallest absolute Gasteiger partial charge is 0.121 e. The standard InChI is InChI=1S/C13H21NO/c1-8-6-10(7-9(2)11(8)15)12(14)13(3,4)5/h6-7,12,15H,14H2,1-5H3/t12-/m0/s1. The third kappa shape index (κ3) is 2.51. The quantitative estimate of drug-likeness (QED) is 0.743. The van der Waals surface area contributed by atoms with Crippen molar-refractivity contribution in [1.82, 2.24) is 0 Å². The summed E-state index contributed by atoms with van der Waals surface area (Å²) in [6.07, 6.45) is 0. The molecule has 0 radical (unpaired) electrons. The van der Waals surface area contributed by atoms with Gasteiger partial charge in [0.25, 0.3) is 0 Å². The zero-order chi connectivity index (χ0) is 11.8. The lowest BCUT2D eigenvalue weighted by atomic mass is 9.82. The third-order valence-electron chi connectivity index (χ3n) is 2.81. The lowest BCUT2D eigenvalue weighted by Crippen LogP contribution is -2.26. The molecule has 0 heterocycles. The largest absolute Gasteiger partial charge is 0.507 e. The Bertz CT molecular complexity index is 340. The van der Waals surface area contributed by atoms with Crippen LogP contribution in [0.2, 0.25) is 0 Å². The predicted molar refractivity (Wildman–Crippen MR) is 64.0 cm³/mol. The first-order valence-corrected chi connectivity index (χ1v) is 5.29. The van der Waals surface area contributed by atoms with Crippen molar-refractivity contribution in [3.63, 3.8) is 0 Å². The van der Waals surface area contributed by atoms with Crippen molar-refractivity contribution in [3.05, 3.63) is 28.8 Å². The van der Waals surface area contributed by atoms with Gasteiger partial charge in [0, 0.05) is 6.04 Å². The summed E-state index contributed by atoms with van der Waals surface area (Å²) in [5, 5.41) is 9.67. The van der Waals surface area contributed by atoms with Gasteiger partial charge < -0.3 is 10.8 Å². The Hall–Kier alpha value is -1.02. The zero-order valence-corrected chi connectivity index (χ0v) is 10.3. The molecule has 0 saturated carbocycles. The molecule has 2 heteroatoms. The van der Waals surface area contributed by atoms with Crippen LogP contribution in [-0.2, 0) is 0 Å². The molecule has 0 fully saturated rings. The van der Waals surface area contributed by atoms with E-state index in [4.69, 9.17) is 5.73 Å². The monoisotopic (exact) mass is 207 g/mol. The van der Waals surface area contributed by atoms with Crippen LogP contribution < -0.4 is 5.73 Å². The maximum absolute atomic E-state index is 9.67. The molecule has 0 aliphatic carbocycles. The van der Waals surface area contributed by atoms with Gasteiger partial charge in [-0.05, 0) is 36.0 Å². The lowest BCUT2D eigenvalue weighted by molar-refractivity contribution is 0.326. The van der Waals surface area contributed by atoms with Gasteiger partial charge in [-0.2, -0.15) is 0 Å². The molecule has 0 amide bonds. The van der Waals surface area contributed by atoms with Gasteiger partial charge in [-0.1, -0.05) is 32.9 Å². The molecule has 15 heavy (non-hydrogen) atoms. The van der Waals surface area contributed by atoms with E-state index in [1.54, 1.807) is 0 Å². The molecule has 0 bridgehead atoms. The summed E-state index contributed by atoms with van der Waals surface area (Å²) in [7, 11) is 0. The minimum Gasteiger partial charge on any atom is -0.507 e. The summed E-state index contributed by atoms with van der Waals surface area (Å²) in [6, 6.07) is 3.94. The van der Waals surface area contributed by atoms with Crippen LogP contribution in [0.25, 0.3) is 0 Å². The number of aryl methyl sites for hydroxylation is 2. The second-order valence-corrected chi connectivity index (χ2v) is 5.35. The Balaban J connectivity index is 3.17. The molecule has 0 unspecified atom stereocenters. The SMILES string of the molecule is Cc1cc([C@H](N)C(C)(C)C)cc(C)c1O. The summed E-state index contributed by atoms with van der Waals surface area (Å²) in [5.74, 6) is 0.375. The van der Waals surface area contributed by atoms with Crippen molar-refractivity contribution < 1.29 is 5.11 Å². The molecular formula is C13H21NO. The van der Waals surface area contributed by atoms with Crippen LogP contribution >= 0.6 is 0 Å². The Morgan fingerprint density at radius 3 is 1.87 bits per heavy atom. The molecule has 84 valence electrons. The average molecular weight is 207 g/mol. The summed E-state index contributed by atoms with van der Waals surface area (Å²) in [6.45, 7) is 10.2. The lowest BCUT2D eigenvalue weighted by Gasteiger charge is -2.28. The molecule has 3 N–H and O–H groups in total. The van der Waals surface area contributed by atoms with E-state index in [2.05, 4.69) is 20.8 Å². The van der Waals surface area contributed by atoms with Crippen LogP contribution in [0, 0.1) is 19.3 Å². The minimum atomic E-state index is -0.00417. The summed E-state index contributed by atoms with van der Waals surface area (Å²) < 4.78 is 0. The van der Waals surface area contributed by atoms with Gasteiger partial charge in [-0.25, -0.2) is 0 Å². The first-order chi connectivity index (χ1) is 6.73. The van der Waals surface area contributed by atoms with Crippen LogP contribution in [0.3, 0.4) is 0 Å². The van der Waals surface area contributed by atoms with Gasteiger partial charge in [-0.3, -0.25) is 0 Å². The number of aromatic hydroxyl groups is 1. The molecule has 0 spiro atoms. The third-order valence-corrected chi connectivity index (χ3v) is 2.81. The number of nitrogens with two attached hydrogens (primary N) is 1. The van der Waals surface area contributed by atoms with E-state index in [-0.39, 0.29) is 11.5 Å². The second-order valence-electron chi connectivity index (χ2n) is 5.35. The molecule has 1 aromatic carbocycles. The summed E-state index contributed by atoms with van der Waals surface area (Å²) >= 11 is 0. The van der Waals surface area contributed by atoms with E-state index in [0.29, 0.717) is 5.75 Å². The van der Waals surface area contributed by atoms with Crippen molar-refractivity contribution in [2.24, 2.45) is 11.1 Å². The van der Waals surface area contributed by atoms with E-state index in [0.717, 1.165) is 16.7 Å². The second kappa shape index (κ2) is 3.86. The fourth-order valence-corrected chi connectivity index (χ4v) is 1.67. The normalized spacial score (nSPS) is 14.0. The van der Waals surface area contributed by atoms with E-state index < -0.39 is 0 Å².